The first kappa shape index (κ1) is 13.5. The highest BCUT2D eigenvalue weighted by molar-refractivity contribution is 7.12. The largest absolute Gasteiger partial charge is 0.272 e. The molecule has 1 aromatic carbocycles. The van der Waals surface area contributed by atoms with Gasteiger partial charge in [-0.05, 0) is 18.4 Å². The van der Waals surface area contributed by atoms with Crippen LogP contribution in [0.4, 0.5) is 23.2 Å². The molecule has 0 bridgehead atoms. The Morgan fingerprint density at radius 1 is 1.16 bits per heavy atom. The topological polar surface area (TPSA) is 24.4 Å². The van der Waals surface area contributed by atoms with Crippen LogP contribution < -0.4 is 5.43 Å². The number of benzene rings is 1. The normalized spacial score (nSPS) is 11.7. The Bertz CT molecular complexity index is 597. The Balaban J connectivity index is 2.32. The molecule has 7 heteroatoms. The van der Waals surface area contributed by atoms with E-state index in [4.69, 9.17) is 0 Å². The van der Waals surface area contributed by atoms with Gasteiger partial charge in [-0.15, -0.1) is 11.3 Å². The first-order chi connectivity index (χ1) is 9.00. The number of hydrogen-bond donors (Lipinski definition) is 1. The molecule has 0 fully saturated rings. The van der Waals surface area contributed by atoms with Gasteiger partial charge in [-0.2, -0.15) is 5.10 Å². The van der Waals surface area contributed by atoms with E-state index in [9.17, 15) is 17.6 Å². The summed E-state index contributed by atoms with van der Waals surface area (Å²) in [5, 5.41) is 5.51. The minimum Gasteiger partial charge on any atom is -0.272 e. The van der Waals surface area contributed by atoms with Gasteiger partial charge < -0.3 is 0 Å². The average molecular weight is 288 g/mol. The minimum absolute atomic E-state index is 0.145. The van der Waals surface area contributed by atoms with E-state index >= 15 is 0 Å². The molecular formula is C12H8F4N2S. The van der Waals surface area contributed by atoms with E-state index in [0.717, 1.165) is 4.88 Å². The van der Waals surface area contributed by atoms with Gasteiger partial charge in [0.2, 0.25) is 0 Å². The van der Waals surface area contributed by atoms with E-state index in [1.807, 2.05) is 5.43 Å². The van der Waals surface area contributed by atoms with Crippen LogP contribution in [0.15, 0.2) is 28.7 Å². The fraction of sp³-hybridized carbons (Fsp3) is 0.0833. The number of hydrazone groups is 1. The van der Waals surface area contributed by atoms with Crippen molar-refractivity contribution >= 4 is 22.7 Å². The van der Waals surface area contributed by atoms with Gasteiger partial charge in [0.05, 0.1) is 5.71 Å². The quantitative estimate of drug-likeness (QED) is 0.390. The lowest BCUT2D eigenvalue weighted by molar-refractivity contribution is 0.458. The van der Waals surface area contributed by atoms with E-state index in [-0.39, 0.29) is 6.07 Å². The van der Waals surface area contributed by atoms with Gasteiger partial charge in [-0.25, -0.2) is 17.6 Å². The molecule has 2 nitrogen and oxygen atoms in total. The number of rotatable bonds is 3. The second-order valence-electron chi connectivity index (χ2n) is 3.63. The van der Waals surface area contributed by atoms with Gasteiger partial charge in [0.1, 0.15) is 5.69 Å². The molecule has 19 heavy (non-hydrogen) atoms. The molecule has 100 valence electrons. The number of nitrogens with zero attached hydrogens (tertiary/aromatic N) is 1. The molecule has 2 aromatic rings. The zero-order valence-electron chi connectivity index (χ0n) is 9.68. The Hall–Kier alpha value is -1.89. The molecule has 0 radical (unpaired) electrons. The Morgan fingerprint density at radius 3 is 2.32 bits per heavy atom. The van der Waals surface area contributed by atoms with Crippen LogP contribution in [0, 0.1) is 23.3 Å². The lowest BCUT2D eigenvalue weighted by atomic mass is 10.2. The van der Waals surface area contributed by atoms with Crippen molar-refractivity contribution in [3.05, 3.63) is 51.7 Å². The van der Waals surface area contributed by atoms with Crippen LogP contribution in [0.3, 0.4) is 0 Å². The Morgan fingerprint density at radius 2 is 1.79 bits per heavy atom. The van der Waals surface area contributed by atoms with E-state index in [1.54, 1.807) is 24.4 Å². The zero-order chi connectivity index (χ0) is 14.0. The molecule has 0 saturated carbocycles. The maximum Gasteiger partial charge on any atom is 0.186 e. The third kappa shape index (κ3) is 2.76. The zero-order valence-corrected chi connectivity index (χ0v) is 10.5. The van der Waals surface area contributed by atoms with Crippen LogP contribution in [-0.4, -0.2) is 5.71 Å². The van der Waals surface area contributed by atoms with Crippen molar-refractivity contribution in [1.29, 1.82) is 0 Å². The van der Waals surface area contributed by atoms with Crippen molar-refractivity contribution in [3.8, 4) is 0 Å². The predicted molar refractivity (Wildman–Crippen MR) is 66.4 cm³/mol. The fourth-order valence-electron chi connectivity index (χ4n) is 1.35. The van der Waals surface area contributed by atoms with E-state index < -0.39 is 29.0 Å². The van der Waals surface area contributed by atoms with Gasteiger partial charge in [0.15, 0.2) is 23.3 Å². The van der Waals surface area contributed by atoms with Gasteiger partial charge in [-0.1, -0.05) is 6.07 Å². The molecule has 0 spiro atoms. The standard InChI is InChI=1S/C12H8F4N2S/c1-6(9-3-2-4-19-9)17-18-12-10(15)7(13)5-8(14)11(12)16/h2-5,18H,1H3/b17-6+. The van der Waals surface area contributed by atoms with Crippen LogP contribution >= 0.6 is 11.3 Å². The summed E-state index contributed by atoms with van der Waals surface area (Å²) >= 11 is 1.37. The van der Waals surface area contributed by atoms with E-state index in [2.05, 4.69) is 5.10 Å². The molecule has 1 aromatic heterocycles. The number of halogens is 4. The van der Waals surface area contributed by atoms with Crippen LogP contribution in [0.5, 0.6) is 0 Å². The highest BCUT2D eigenvalue weighted by Gasteiger charge is 2.18. The Labute approximate surface area is 110 Å². The maximum atomic E-state index is 13.3. The first-order valence-electron chi connectivity index (χ1n) is 5.18. The molecule has 0 saturated heterocycles. The molecular weight excluding hydrogens is 280 g/mol. The second kappa shape index (κ2) is 5.40. The molecule has 0 amide bonds. The second-order valence-corrected chi connectivity index (χ2v) is 4.58. The summed E-state index contributed by atoms with van der Waals surface area (Å²) in [6.45, 7) is 1.60. The summed E-state index contributed by atoms with van der Waals surface area (Å²) in [5.74, 6) is -5.99. The number of thiophene rings is 1. The SMILES string of the molecule is C/C(=N\Nc1c(F)c(F)cc(F)c1F)c1cccs1. The molecule has 1 N–H and O–H groups in total. The maximum absolute atomic E-state index is 13.3. The lowest BCUT2D eigenvalue weighted by Gasteiger charge is -2.06. The van der Waals surface area contributed by atoms with E-state index in [1.165, 1.54) is 11.3 Å². The van der Waals surface area contributed by atoms with Crippen molar-refractivity contribution in [2.45, 2.75) is 6.92 Å². The third-order valence-corrected chi connectivity index (χ3v) is 3.30. The van der Waals surface area contributed by atoms with Crippen molar-refractivity contribution in [3.63, 3.8) is 0 Å². The Kier molecular flexibility index (Phi) is 3.84. The average Bonchev–Trinajstić information content (AvgIpc) is 2.90. The van der Waals surface area contributed by atoms with Crippen molar-refractivity contribution < 1.29 is 17.6 Å². The van der Waals surface area contributed by atoms with Crippen LogP contribution in [0.25, 0.3) is 0 Å². The molecule has 0 aliphatic rings. The molecule has 0 unspecified atom stereocenters. The van der Waals surface area contributed by atoms with Crippen LogP contribution in [-0.2, 0) is 0 Å². The smallest absolute Gasteiger partial charge is 0.186 e. The van der Waals surface area contributed by atoms with Crippen LogP contribution in [0.2, 0.25) is 0 Å². The van der Waals surface area contributed by atoms with Crippen molar-refractivity contribution in [2.24, 2.45) is 5.10 Å². The van der Waals surface area contributed by atoms with Gasteiger partial charge in [0.25, 0.3) is 0 Å². The number of nitrogens with one attached hydrogen (secondary N) is 1. The summed E-state index contributed by atoms with van der Waals surface area (Å²) in [5.41, 5.74) is 1.51. The summed E-state index contributed by atoms with van der Waals surface area (Å²) in [6, 6.07) is 3.68. The molecule has 0 aliphatic heterocycles. The number of anilines is 1. The van der Waals surface area contributed by atoms with E-state index in [0.29, 0.717) is 5.71 Å². The summed E-state index contributed by atoms with van der Waals surface area (Å²) < 4.78 is 52.5. The molecule has 1 heterocycles. The number of hydrogen-bond acceptors (Lipinski definition) is 3. The van der Waals surface area contributed by atoms with Gasteiger partial charge >= 0.3 is 0 Å². The monoisotopic (exact) mass is 288 g/mol. The van der Waals surface area contributed by atoms with Crippen molar-refractivity contribution in [2.75, 3.05) is 5.43 Å². The van der Waals surface area contributed by atoms with Crippen LogP contribution in [0.1, 0.15) is 11.8 Å². The summed E-state index contributed by atoms with van der Waals surface area (Å²) in [4.78, 5) is 0.769. The molecule has 2 rings (SSSR count). The molecule has 0 aliphatic carbocycles. The van der Waals surface area contributed by atoms with Gasteiger partial charge in [0, 0.05) is 10.9 Å². The lowest BCUT2D eigenvalue weighted by Crippen LogP contribution is -2.04. The van der Waals surface area contributed by atoms with Gasteiger partial charge in [-0.3, -0.25) is 5.43 Å². The third-order valence-electron chi connectivity index (χ3n) is 2.32. The van der Waals surface area contributed by atoms with Crippen molar-refractivity contribution in [1.82, 2.24) is 0 Å². The summed E-state index contributed by atoms with van der Waals surface area (Å²) in [6.07, 6.45) is 0. The summed E-state index contributed by atoms with van der Waals surface area (Å²) in [7, 11) is 0. The molecule has 0 atom stereocenters. The minimum atomic E-state index is -1.51. The highest BCUT2D eigenvalue weighted by atomic mass is 32.1. The fourth-order valence-corrected chi connectivity index (χ4v) is 2.03. The highest BCUT2D eigenvalue weighted by Crippen LogP contribution is 2.24. The predicted octanol–water partition coefficient (Wildman–Crippen LogP) is 4.14. The first-order valence-corrected chi connectivity index (χ1v) is 6.06.